The van der Waals surface area contributed by atoms with Crippen molar-refractivity contribution in [1.29, 1.82) is 0 Å². The molecule has 0 aliphatic carbocycles. The third kappa shape index (κ3) is 5.17. The molecule has 0 aliphatic rings. The second-order valence-corrected chi connectivity index (χ2v) is 6.23. The fraction of sp³-hybridized carbons (Fsp3) is 0.250. The molecule has 4 heteroatoms. The molecule has 0 saturated heterocycles. The Kier molecular flexibility index (Phi) is 6.94. The summed E-state index contributed by atoms with van der Waals surface area (Å²) in [6, 6.07) is 16.0. The van der Waals surface area contributed by atoms with E-state index in [0.717, 1.165) is 16.9 Å². The number of carbonyl (C=O) groups excluding carboxylic acids is 1. The standard InChI is InChI=1S/C20H23NO2S/c1-4-23-19-8-6-5-7-17(19)11-14-20(22)21(2)15-16-9-12-18(24-3)13-10-16/h5-14H,4,15H2,1-3H3/b14-11+. The van der Waals surface area contributed by atoms with Crippen molar-refractivity contribution in [1.82, 2.24) is 4.90 Å². The van der Waals surface area contributed by atoms with Gasteiger partial charge in [-0.1, -0.05) is 30.3 Å². The predicted octanol–water partition coefficient (Wildman–Crippen LogP) is 4.48. The number of rotatable bonds is 7. The maximum atomic E-state index is 12.3. The van der Waals surface area contributed by atoms with Gasteiger partial charge in [0.25, 0.3) is 0 Å². The average molecular weight is 341 g/mol. The Hall–Kier alpha value is -2.20. The van der Waals surface area contributed by atoms with Crippen molar-refractivity contribution in [3.63, 3.8) is 0 Å². The number of hydrogen-bond acceptors (Lipinski definition) is 3. The largest absolute Gasteiger partial charge is 0.493 e. The number of ether oxygens (including phenoxy) is 1. The molecular formula is C20H23NO2S. The van der Waals surface area contributed by atoms with Gasteiger partial charge in [-0.2, -0.15) is 0 Å². The molecule has 0 heterocycles. The van der Waals surface area contributed by atoms with E-state index in [1.807, 2.05) is 38.2 Å². The van der Waals surface area contributed by atoms with E-state index in [1.54, 1.807) is 28.8 Å². The van der Waals surface area contributed by atoms with Gasteiger partial charge in [0.2, 0.25) is 5.91 Å². The first-order valence-electron chi connectivity index (χ1n) is 7.92. The molecule has 1 amide bonds. The molecule has 0 fully saturated rings. The topological polar surface area (TPSA) is 29.5 Å². The first-order valence-corrected chi connectivity index (χ1v) is 9.14. The number of hydrogen-bond donors (Lipinski definition) is 0. The Labute approximate surface area is 148 Å². The fourth-order valence-corrected chi connectivity index (χ4v) is 2.68. The van der Waals surface area contributed by atoms with Crippen molar-refractivity contribution >= 4 is 23.7 Å². The molecule has 3 nitrogen and oxygen atoms in total. The van der Waals surface area contributed by atoms with Gasteiger partial charge in [-0.15, -0.1) is 11.8 Å². The van der Waals surface area contributed by atoms with Crippen molar-refractivity contribution < 1.29 is 9.53 Å². The van der Waals surface area contributed by atoms with Crippen molar-refractivity contribution in [3.8, 4) is 5.75 Å². The highest BCUT2D eigenvalue weighted by atomic mass is 32.2. The van der Waals surface area contributed by atoms with Crippen molar-refractivity contribution in [2.24, 2.45) is 0 Å². The van der Waals surface area contributed by atoms with E-state index >= 15 is 0 Å². The number of para-hydroxylation sites is 1. The quantitative estimate of drug-likeness (QED) is 0.549. The monoisotopic (exact) mass is 341 g/mol. The van der Waals surface area contributed by atoms with Crippen LogP contribution in [0.15, 0.2) is 59.5 Å². The Morgan fingerprint density at radius 1 is 1.17 bits per heavy atom. The lowest BCUT2D eigenvalue weighted by atomic mass is 10.2. The maximum Gasteiger partial charge on any atom is 0.246 e. The van der Waals surface area contributed by atoms with Crippen LogP contribution in [-0.2, 0) is 11.3 Å². The lowest BCUT2D eigenvalue weighted by Gasteiger charge is -2.15. The minimum atomic E-state index is -0.0322. The van der Waals surface area contributed by atoms with Gasteiger partial charge >= 0.3 is 0 Å². The maximum absolute atomic E-state index is 12.3. The molecular weight excluding hydrogens is 318 g/mol. The Morgan fingerprint density at radius 2 is 1.88 bits per heavy atom. The van der Waals surface area contributed by atoms with E-state index in [1.165, 1.54) is 4.90 Å². The summed E-state index contributed by atoms with van der Waals surface area (Å²) in [6.45, 7) is 3.14. The summed E-state index contributed by atoms with van der Waals surface area (Å²) >= 11 is 1.71. The molecule has 0 bridgehead atoms. The van der Waals surface area contributed by atoms with E-state index in [9.17, 15) is 4.79 Å². The van der Waals surface area contributed by atoms with Crippen LogP contribution in [0.4, 0.5) is 0 Å². The van der Waals surface area contributed by atoms with Gasteiger partial charge in [0.15, 0.2) is 0 Å². The average Bonchev–Trinajstić information content (AvgIpc) is 2.61. The van der Waals surface area contributed by atoms with Gasteiger partial charge in [-0.05, 0) is 43.0 Å². The zero-order valence-electron chi connectivity index (χ0n) is 14.4. The fourth-order valence-electron chi connectivity index (χ4n) is 2.28. The summed E-state index contributed by atoms with van der Waals surface area (Å²) < 4.78 is 5.57. The van der Waals surface area contributed by atoms with Crippen molar-refractivity contribution in [2.45, 2.75) is 18.4 Å². The zero-order chi connectivity index (χ0) is 17.4. The highest BCUT2D eigenvalue weighted by Crippen LogP contribution is 2.19. The number of thioether (sulfide) groups is 1. The van der Waals surface area contributed by atoms with Crippen LogP contribution in [0.25, 0.3) is 6.08 Å². The summed E-state index contributed by atoms with van der Waals surface area (Å²) in [7, 11) is 1.81. The summed E-state index contributed by atoms with van der Waals surface area (Å²) in [5.74, 6) is 0.759. The highest BCUT2D eigenvalue weighted by molar-refractivity contribution is 7.98. The number of nitrogens with zero attached hydrogens (tertiary/aromatic N) is 1. The minimum Gasteiger partial charge on any atom is -0.493 e. The summed E-state index contributed by atoms with van der Waals surface area (Å²) in [5.41, 5.74) is 2.03. The van der Waals surface area contributed by atoms with Gasteiger partial charge in [0.05, 0.1) is 6.61 Å². The molecule has 2 aromatic carbocycles. The lowest BCUT2D eigenvalue weighted by Crippen LogP contribution is -2.24. The minimum absolute atomic E-state index is 0.0322. The molecule has 0 atom stereocenters. The second kappa shape index (κ2) is 9.18. The van der Waals surface area contributed by atoms with E-state index in [4.69, 9.17) is 4.74 Å². The SMILES string of the molecule is CCOc1ccccc1/C=C/C(=O)N(C)Cc1ccc(SC)cc1. The van der Waals surface area contributed by atoms with Crippen LogP contribution in [0.1, 0.15) is 18.1 Å². The summed E-state index contributed by atoms with van der Waals surface area (Å²) in [4.78, 5) is 15.2. The normalized spacial score (nSPS) is 10.8. The summed E-state index contributed by atoms with van der Waals surface area (Å²) in [5, 5.41) is 0. The lowest BCUT2D eigenvalue weighted by molar-refractivity contribution is -0.125. The van der Waals surface area contributed by atoms with E-state index < -0.39 is 0 Å². The number of benzene rings is 2. The molecule has 0 spiro atoms. The smallest absolute Gasteiger partial charge is 0.246 e. The van der Waals surface area contributed by atoms with E-state index in [2.05, 4.69) is 30.5 Å². The van der Waals surface area contributed by atoms with Gasteiger partial charge in [0, 0.05) is 30.1 Å². The van der Waals surface area contributed by atoms with Gasteiger partial charge in [-0.3, -0.25) is 4.79 Å². The van der Waals surface area contributed by atoms with Crippen LogP contribution < -0.4 is 4.74 Å². The summed E-state index contributed by atoms with van der Waals surface area (Å²) in [6.07, 6.45) is 5.45. The third-order valence-corrected chi connectivity index (χ3v) is 4.32. The highest BCUT2D eigenvalue weighted by Gasteiger charge is 2.07. The van der Waals surface area contributed by atoms with Gasteiger partial charge in [0.1, 0.15) is 5.75 Å². The van der Waals surface area contributed by atoms with Crippen LogP contribution in [0.3, 0.4) is 0 Å². The van der Waals surface area contributed by atoms with E-state index in [-0.39, 0.29) is 5.91 Å². The molecule has 0 N–H and O–H groups in total. The molecule has 2 rings (SSSR count). The first-order chi connectivity index (χ1) is 11.6. The number of carbonyl (C=O) groups is 1. The molecule has 0 radical (unpaired) electrons. The molecule has 2 aromatic rings. The van der Waals surface area contributed by atoms with E-state index in [0.29, 0.717) is 13.2 Å². The molecule has 0 aliphatic heterocycles. The molecule has 24 heavy (non-hydrogen) atoms. The van der Waals surface area contributed by atoms with Crippen LogP contribution in [0, 0.1) is 0 Å². The Balaban J connectivity index is 2.00. The van der Waals surface area contributed by atoms with Crippen LogP contribution in [0.2, 0.25) is 0 Å². The molecule has 0 unspecified atom stereocenters. The number of amides is 1. The molecule has 126 valence electrons. The van der Waals surface area contributed by atoms with Crippen LogP contribution in [-0.4, -0.2) is 30.7 Å². The Morgan fingerprint density at radius 3 is 2.54 bits per heavy atom. The zero-order valence-corrected chi connectivity index (χ0v) is 15.2. The third-order valence-electron chi connectivity index (χ3n) is 3.58. The van der Waals surface area contributed by atoms with Gasteiger partial charge in [-0.25, -0.2) is 0 Å². The van der Waals surface area contributed by atoms with Crippen LogP contribution >= 0.6 is 11.8 Å². The number of likely N-dealkylation sites (N-methyl/N-ethyl adjacent to an activating group) is 1. The second-order valence-electron chi connectivity index (χ2n) is 5.35. The predicted molar refractivity (Wildman–Crippen MR) is 101 cm³/mol. The van der Waals surface area contributed by atoms with Crippen molar-refractivity contribution in [2.75, 3.05) is 19.9 Å². The molecule has 0 aromatic heterocycles. The van der Waals surface area contributed by atoms with Crippen molar-refractivity contribution in [3.05, 3.63) is 65.7 Å². The Bertz CT molecular complexity index is 695. The first kappa shape index (κ1) is 18.1. The van der Waals surface area contributed by atoms with Gasteiger partial charge < -0.3 is 9.64 Å². The molecule has 0 saturated carbocycles. The van der Waals surface area contributed by atoms with Crippen LogP contribution in [0.5, 0.6) is 5.75 Å².